The van der Waals surface area contributed by atoms with Crippen LogP contribution in [-0.2, 0) is 0 Å². The predicted octanol–water partition coefficient (Wildman–Crippen LogP) is 0.412. The monoisotopic (exact) mass is 301 g/mol. The molecule has 1 amide bonds. The highest BCUT2D eigenvalue weighted by molar-refractivity contribution is 6.43. The zero-order valence-electron chi connectivity index (χ0n) is 9.03. The van der Waals surface area contributed by atoms with E-state index in [-0.39, 0.29) is 21.7 Å². The average molecular weight is 302 g/mol. The molecule has 0 aromatic carbocycles. The Morgan fingerprint density at radius 1 is 1.21 bits per heavy atom. The number of aromatic nitrogens is 4. The maximum atomic E-state index is 11.8. The minimum absolute atomic E-state index is 0.0344. The number of carbonyl (C=O) groups is 1. The smallest absolute Gasteiger partial charge is 0.304 e. The fraction of sp³-hybridized carbons (Fsp3) is 0. The Labute approximate surface area is 114 Å². The first-order valence-electron chi connectivity index (χ1n) is 4.78. The molecule has 19 heavy (non-hydrogen) atoms. The number of nitrogens with zero attached hydrogens (tertiary/aromatic N) is 2. The zero-order chi connectivity index (χ0) is 14.0. The number of rotatable bonds is 2. The Bertz CT molecular complexity index is 726. The van der Waals surface area contributed by atoms with E-state index in [9.17, 15) is 14.4 Å². The molecule has 0 aliphatic heterocycles. The van der Waals surface area contributed by atoms with Gasteiger partial charge in [-0.2, -0.15) is 0 Å². The van der Waals surface area contributed by atoms with Gasteiger partial charge in [0, 0.05) is 6.07 Å². The Morgan fingerprint density at radius 3 is 2.63 bits per heavy atom. The summed E-state index contributed by atoms with van der Waals surface area (Å²) in [5, 5.41) is 2.21. The van der Waals surface area contributed by atoms with Crippen molar-refractivity contribution in [1.29, 1.82) is 0 Å². The molecular weight excluding hydrogens is 297 g/mol. The summed E-state index contributed by atoms with van der Waals surface area (Å²) in [5.74, 6) is -0.798. The van der Waals surface area contributed by atoms with Crippen LogP contribution in [0.1, 0.15) is 10.5 Å². The van der Waals surface area contributed by atoms with Crippen LogP contribution in [0.25, 0.3) is 0 Å². The maximum absolute atomic E-state index is 11.8. The van der Waals surface area contributed by atoms with Crippen molar-refractivity contribution < 1.29 is 4.79 Å². The predicted molar refractivity (Wildman–Crippen MR) is 67.7 cm³/mol. The van der Waals surface area contributed by atoms with E-state index in [1.807, 2.05) is 4.98 Å². The number of carbonyl (C=O) groups excluding carboxylic acids is 1. The van der Waals surface area contributed by atoms with E-state index in [4.69, 9.17) is 23.2 Å². The van der Waals surface area contributed by atoms with Gasteiger partial charge in [-0.05, 0) is 0 Å². The average Bonchev–Trinajstić information content (AvgIpc) is 2.33. The lowest BCUT2D eigenvalue weighted by Gasteiger charge is -2.05. The molecule has 0 aliphatic carbocycles. The third-order valence-corrected chi connectivity index (χ3v) is 2.73. The summed E-state index contributed by atoms with van der Waals surface area (Å²) < 4.78 is 0. The number of anilines is 1. The van der Waals surface area contributed by atoms with Crippen molar-refractivity contribution in [3.63, 3.8) is 0 Å². The molecular formula is C9H5Cl2N5O3. The van der Waals surface area contributed by atoms with E-state index in [1.165, 1.54) is 0 Å². The molecule has 0 radical (unpaired) electrons. The van der Waals surface area contributed by atoms with E-state index >= 15 is 0 Å². The number of halogens is 2. The van der Waals surface area contributed by atoms with Crippen molar-refractivity contribution in [1.82, 2.24) is 19.9 Å². The quantitative estimate of drug-likeness (QED) is 0.694. The van der Waals surface area contributed by atoms with Gasteiger partial charge in [-0.15, -0.1) is 0 Å². The van der Waals surface area contributed by atoms with Crippen LogP contribution >= 0.6 is 23.2 Å². The highest BCUT2D eigenvalue weighted by atomic mass is 35.5. The molecule has 0 saturated carbocycles. The van der Waals surface area contributed by atoms with Gasteiger partial charge in [-0.1, -0.05) is 23.2 Å². The number of amides is 1. The Morgan fingerprint density at radius 2 is 1.95 bits per heavy atom. The topological polar surface area (TPSA) is 121 Å². The fourth-order valence-electron chi connectivity index (χ4n) is 1.20. The number of aromatic amines is 2. The fourth-order valence-corrected chi connectivity index (χ4v) is 1.48. The highest BCUT2D eigenvalue weighted by Gasteiger charge is 2.13. The third kappa shape index (κ3) is 2.98. The summed E-state index contributed by atoms with van der Waals surface area (Å²) in [6.07, 6.45) is 1.10. The summed E-state index contributed by atoms with van der Waals surface area (Å²) in [6, 6.07) is 0.924. The van der Waals surface area contributed by atoms with E-state index in [1.54, 1.807) is 0 Å². The molecule has 0 spiro atoms. The number of H-pyrrole nitrogens is 2. The van der Waals surface area contributed by atoms with E-state index in [2.05, 4.69) is 20.3 Å². The molecule has 0 fully saturated rings. The van der Waals surface area contributed by atoms with Crippen LogP contribution in [0.4, 0.5) is 5.82 Å². The van der Waals surface area contributed by atoms with Crippen molar-refractivity contribution in [2.75, 3.05) is 5.32 Å². The van der Waals surface area contributed by atoms with Crippen LogP contribution in [0.2, 0.25) is 10.2 Å². The first-order chi connectivity index (χ1) is 8.97. The molecule has 2 aromatic heterocycles. The number of nitrogens with one attached hydrogen (secondary N) is 3. The molecule has 2 aromatic rings. The number of hydrogen-bond acceptors (Lipinski definition) is 5. The summed E-state index contributed by atoms with van der Waals surface area (Å²) in [4.78, 5) is 45.3. The molecule has 0 bridgehead atoms. The highest BCUT2D eigenvalue weighted by Crippen LogP contribution is 2.25. The van der Waals surface area contributed by atoms with Gasteiger partial charge in [0.15, 0.2) is 11.0 Å². The third-order valence-electron chi connectivity index (χ3n) is 1.98. The Balaban J connectivity index is 2.33. The van der Waals surface area contributed by atoms with Crippen LogP contribution in [0.15, 0.2) is 22.0 Å². The first-order valence-corrected chi connectivity index (χ1v) is 5.54. The molecule has 8 nitrogen and oxygen atoms in total. The summed E-state index contributed by atoms with van der Waals surface area (Å²) in [7, 11) is 0. The zero-order valence-corrected chi connectivity index (χ0v) is 10.5. The van der Waals surface area contributed by atoms with Crippen molar-refractivity contribution in [3.05, 3.63) is 49.1 Å². The lowest BCUT2D eigenvalue weighted by atomic mass is 10.4. The van der Waals surface area contributed by atoms with Crippen LogP contribution in [0.5, 0.6) is 0 Å². The molecule has 0 aliphatic rings. The first kappa shape index (κ1) is 13.2. The van der Waals surface area contributed by atoms with E-state index < -0.39 is 17.2 Å². The lowest BCUT2D eigenvalue weighted by molar-refractivity contribution is 0.102. The van der Waals surface area contributed by atoms with Gasteiger partial charge in [0.1, 0.15) is 17.0 Å². The molecule has 0 saturated heterocycles. The minimum atomic E-state index is -0.801. The van der Waals surface area contributed by atoms with E-state index in [0.717, 1.165) is 12.4 Å². The molecule has 98 valence electrons. The van der Waals surface area contributed by atoms with Gasteiger partial charge in [0.2, 0.25) is 0 Å². The number of hydrogen-bond donors (Lipinski definition) is 3. The van der Waals surface area contributed by atoms with Crippen LogP contribution in [0.3, 0.4) is 0 Å². The molecule has 0 atom stereocenters. The summed E-state index contributed by atoms with van der Waals surface area (Å²) in [5.41, 5.74) is -1.75. The standard InChI is InChI=1S/C9H5Cl2N5O3/c10-5-6(11)12-2-13-7(5)16-8(18)3-1-4(17)15-9(19)14-3/h1-2H,(H,12,13,16,18)(H2,14,15,17,19). The second kappa shape index (κ2) is 5.21. The molecule has 2 rings (SSSR count). The second-order valence-corrected chi connectivity index (χ2v) is 4.02. The Kier molecular flexibility index (Phi) is 3.63. The van der Waals surface area contributed by atoms with Gasteiger partial charge in [0.05, 0.1) is 0 Å². The van der Waals surface area contributed by atoms with Crippen LogP contribution in [-0.4, -0.2) is 25.8 Å². The van der Waals surface area contributed by atoms with Crippen LogP contribution in [0, 0.1) is 0 Å². The molecule has 10 heteroatoms. The van der Waals surface area contributed by atoms with Gasteiger partial charge in [-0.25, -0.2) is 14.8 Å². The van der Waals surface area contributed by atoms with Gasteiger partial charge >= 0.3 is 5.69 Å². The normalized spacial score (nSPS) is 10.2. The van der Waals surface area contributed by atoms with Crippen molar-refractivity contribution in [2.24, 2.45) is 0 Å². The maximum Gasteiger partial charge on any atom is 0.326 e. The Hall–Kier alpha value is -2.19. The van der Waals surface area contributed by atoms with Gasteiger partial charge < -0.3 is 10.3 Å². The summed E-state index contributed by atoms with van der Waals surface area (Å²) >= 11 is 11.4. The lowest BCUT2D eigenvalue weighted by Crippen LogP contribution is -2.27. The van der Waals surface area contributed by atoms with Crippen molar-refractivity contribution >= 4 is 34.9 Å². The van der Waals surface area contributed by atoms with Crippen LogP contribution < -0.4 is 16.6 Å². The SMILES string of the molecule is O=C(Nc1ncnc(Cl)c1Cl)c1cc(=O)[nH]c(=O)[nH]1. The van der Waals surface area contributed by atoms with Gasteiger partial charge in [0.25, 0.3) is 11.5 Å². The van der Waals surface area contributed by atoms with Gasteiger partial charge in [-0.3, -0.25) is 14.6 Å². The molecule has 2 heterocycles. The summed E-state index contributed by atoms with van der Waals surface area (Å²) in [6.45, 7) is 0. The van der Waals surface area contributed by atoms with Crippen molar-refractivity contribution in [3.8, 4) is 0 Å². The minimum Gasteiger partial charge on any atom is -0.304 e. The largest absolute Gasteiger partial charge is 0.326 e. The van der Waals surface area contributed by atoms with E-state index in [0.29, 0.717) is 0 Å². The molecule has 0 unspecified atom stereocenters. The molecule has 3 N–H and O–H groups in total. The van der Waals surface area contributed by atoms with Crippen molar-refractivity contribution in [2.45, 2.75) is 0 Å². The second-order valence-electron chi connectivity index (χ2n) is 3.28.